The van der Waals surface area contributed by atoms with E-state index < -0.39 is 0 Å². The molecule has 1 aromatic carbocycles. The number of thioether (sulfide) groups is 1. The van der Waals surface area contributed by atoms with Crippen molar-refractivity contribution in [3.63, 3.8) is 0 Å². The number of fused-ring (bicyclic) bond motifs is 3. The van der Waals surface area contributed by atoms with Gasteiger partial charge in [0.15, 0.2) is 0 Å². The van der Waals surface area contributed by atoms with E-state index in [0.29, 0.717) is 5.41 Å². The third kappa shape index (κ3) is 1.87. The molecule has 19 heavy (non-hydrogen) atoms. The van der Waals surface area contributed by atoms with Crippen molar-refractivity contribution < 1.29 is 0 Å². The molecule has 0 amide bonds. The van der Waals surface area contributed by atoms with Crippen molar-refractivity contribution in [2.45, 2.75) is 42.9 Å². The number of benzene rings is 1. The van der Waals surface area contributed by atoms with Gasteiger partial charge in [0.05, 0.1) is 0 Å². The van der Waals surface area contributed by atoms with Crippen molar-refractivity contribution in [3.8, 4) is 0 Å². The second-order valence-corrected chi connectivity index (χ2v) is 7.96. The Hall–Kier alpha value is -0.470. The molecule has 0 aromatic heterocycles. The van der Waals surface area contributed by atoms with Crippen molar-refractivity contribution in [1.29, 1.82) is 0 Å². The van der Waals surface area contributed by atoms with Crippen LogP contribution < -0.4 is 5.73 Å². The first-order chi connectivity index (χ1) is 9.31. The van der Waals surface area contributed by atoms with Crippen LogP contribution in [0.25, 0.3) is 0 Å². The van der Waals surface area contributed by atoms with Crippen LogP contribution in [0.15, 0.2) is 29.2 Å². The van der Waals surface area contributed by atoms with Gasteiger partial charge in [-0.05, 0) is 67.0 Å². The summed E-state index contributed by atoms with van der Waals surface area (Å²) in [5.74, 6) is 3.96. The SMILES string of the molecule is NCC1(CC2CSc3ccccc32)CC2CCC1C2. The van der Waals surface area contributed by atoms with Crippen LogP contribution in [0.1, 0.15) is 43.6 Å². The van der Waals surface area contributed by atoms with E-state index in [0.717, 1.165) is 24.3 Å². The minimum Gasteiger partial charge on any atom is -0.330 e. The molecule has 2 bridgehead atoms. The molecule has 2 N–H and O–H groups in total. The monoisotopic (exact) mass is 273 g/mol. The molecule has 4 rings (SSSR count). The van der Waals surface area contributed by atoms with Crippen LogP contribution in [0.2, 0.25) is 0 Å². The quantitative estimate of drug-likeness (QED) is 0.899. The molecule has 3 aliphatic rings. The highest BCUT2D eigenvalue weighted by Gasteiger charge is 2.51. The molecule has 0 saturated heterocycles. The van der Waals surface area contributed by atoms with E-state index in [2.05, 4.69) is 24.3 Å². The Morgan fingerprint density at radius 2 is 2.16 bits per heavy atom. The largest absolute Gasteiger partial charge is 0.330 e. The van der Waals surface area contributed by atoms with E-state index in [1.165, 1.54) is 42.8 Å². The summed E-state index contributed by atoms with van der Waals surface area (Å²) in [7, 11) is 0. The van der Waals surface area contributed by atoms with Crippen molar-refractivity contribution >= 4 is 11.8 Å². The zero-order valence-electron chi connectivity index (χ0n) is 11.5. The third-order valence-electron chi connectivity index (χ3n) is 5.96. The van der Waals surface area contributed by atoms with E-state index in [9.17, 15) is 0 Å². The summed E-state index contributed by atoms with van der Waals surface area (Å²) in [5, 5.41) is 0. The number of rotatable bonds is 3. The van der Waals surface area contributed by atoms with Crippen LogP contribution >= 0.6 is 11.8 Å². The summed E-state index contributed by atoms with van der Waals surface area (Å²) in [4.78, 5) is 1.52. The normalized spacial score (nSPS) is 39.7. The van der Waals surface area contributed by atoms with Gasteiger partial charge in [-0.1, -0.05) is 24.6 Å². The molecule has 1 nitrogen and oxygen atoms in total. The first-order valence-electron chi connectivity index (χ1n) is 7.72. The minimum atomic E-state index is 0.478. The summed E-state index contributed by atoms with van der Waals surface area (Å²) in [6.45, 7) is 0.914. The van der Waals surface area contributed by atoms with Gasteiger partial charge in [0.1, 0.15) is 0 Å². The maximum atomic E-state index is 6.25. The summed E-state index contributed by atoms with van der Waals surface area (Å²) in [5.41, 5.74) is 8.32. The molecule has 2 aliphatic carbocycles. The lowest BCUT2D eigenvalue weighted by atomic mass is 9.67. The van der Waals surface area contributed by atoms with Crippen LogP contribution in [-0.4, -0.2) is 12.3 Å². The van der Waals surface area contributed by atoms with Crippen LogP contribution in [-0.2, 0) is 0 Å². The fourth-order valence-corrected chi connectivity index (χ4v) is 6.28. The molecular formula is C17H23NS. The fourth-order valence-electron chi connectivity index (χ4n) is 5.03. The molecule has 2 fully saturated rings. The second kappa shape index (κ2) is 4.53. The molecule has 4 unspecified atom stereocenters. The van der Waals surface area contributed by atoms with E-state index in [1.54, 1.807) is 5.56 Å². The van der Waals surface area contributed by atoms with E-state index in [1.807, 2.05) is 11.8 Å². The maximum Gasteiger partial charge on any atom is 0.0107 e. The highest BCUT2D eigenvalue weighted by atomic mass is 32.2. The second-order valence-electron chi connectivity index (χ2n) is 6.90. The fraction of sp³-hybridized carbons (Fsp3) is 0.647. The Morgan fingerprint density at radius 3 is 2.89 bits per heavy atom. The molecular weight excluding hydrogens is 250 g/mol. The molecule has 2 heteroatoms. The first kappa shape index (κ1) is 12.3. The van der Waals surface area contributed by atoms with Crippen molar-refractivity contribution in [3.05, 3.63) is 29.8 Å². The molecule has 1 aliphatic heterocycles. The van der Waals surface area contributed by atoms with Crippen LogP contribution in [0, 0.1) is 17.3 Å². The molecule has 0 spiro atoms. The summed E-state index contributed by atoms with van der Waals surface area (Å²) >= 11 is 2.05. The van der Waals surface area contributed by atoms with Crippen molar-refractivity contribution in [1.82, 2.24) is 0 Å². The Morgan fingerprint density at radius 1 is 1.26 bits per heavy atom. The van der Waals surface area contributed by atoms with Gasteiger partial charge in [-0.3, -0.25) is 0 Å². The van der Waals surface area contributed by atoms with Crippen molar-refractivity contribution in [2.24, 2.45) is 23.0 Å². The van der Waals surface area contributed by atoms with E-state index >= 15 is 0 Å². The predicted octanol–water partition coefficient (Wildman–Crippen LogP) is 4.03. The van der Waals surface area contributed by atoms with Gasteiger partial charge in [-0.15, -0.1) is 11.8 Å². The smallest absolute Gasteiger partial charge is 0.0107 e. The average Bonchev–Trinajstić information content (AvgIpc) is 3.14. The van der Waals surface area contributed by atoms with E-state index in [-0.39, 0.29) is 0 Å². The van der Waals surface area contributed by atoms with Gasteiger partial charge < -0.3 is 5.73 Å². The topological polar surface area (TPSA) is 26.0 Å². The van der Waals surface area contributed by atoms with Gasteiger partial charge in [0.2, 0.25) is 0 Å². The van der Waals surface area contributed by atoms with Crippen molar-refractivity contribution in [2.75, 3.05) is 12.3 Å². The van der Waals surface area contributed by atoms with Gasteiger partial charge in [-0.25, -0.2) is 0 Å². The molecule has 0 radical (unpaired) electrons. The number of hydrogen-bond donors (Lipinski definition) is 1. The molecule has 2 saturated carbocycles. The summed E-state index contributed by atoms with van der Waals surface area (Å²) in [6, 6.07) is 9.01. The lowest BCUT2D eigenvalue weighted by Crippen LogP contribution is -2.37. The minimum absolute atomic E-state index is 0.478. The predicted molar refractivity (Wildman–Crippen MR) is 81.5 cm³/mol. The molecule has 1 heterocycles. The molecule has 1 aromatic rings. The maximum absolute atomic E-state index is 6.25. The van der Waals surface area contributed by atoms with Gasteiger partial charge in [-0.2, -0.15) is 0 Å². The van der Waals surface area contributed by atoms with Crippen LogP contribution in [0.4, 0.5) is 0 Å². The Balaban J connectivity index is 1.59. The van der Waals surface area contributed by atoms with Crippen LogP contribution in [0.5, 0.6) is 0 Å². The average molecular weight is 273 g/mol. The molecule has 4 atom stereocenters. The Labute approximate surface area is 120 Å². The lowest BCUT2D eigenvalue weighted by molar-refractivity contribution is 0.148. The van der Waals surface area contributed by atoms with E-state index in [4.69, 9.17) is 5.73 Å². The van der Waals surface area contributed by atoms with Gasteiger partial charge in [0.25, 0.3) is 0 Å². The number of nitrogens with two attached hydrogens (primary N) is 1. The van der Waals surface area contributed by atoms with Gasteiger partial charge >= 0.3 is 0 Å². The highest BCUT2D eigenvalue weighted by molar-refractivity contribution is 7.99. The molecule has 102 valence electrons. The van der Waals surface area contributed by atoms with Gasteiger partial charge in [0, 0.05) is 10.6 Å². The zero-order chi connectivity index (χ0) is 12.9. The first-order valence-corrected chi connectivity index (χ1v) is 8.71. The Bertz CT molecular complexity index is 486. The number of hydrogen-bond acceptors (Lipinski definition) is 2. The lowest BCUT2D eigenvalue weighted by Gasteiger charge is -2.39. The summed E-state index contributed by atoms with van der Waals surface area (Å²) in [6.07, 6.45) is 7.15. The zero-order valence-corrected chi connectivity index (χ0v) is 12.3. The standard InChI is InChI=1S/C17H23NS/c18-11-17(8-12-5-6-14(17)7-12)9-13-10-19-16-4-2-1-3-15(13)16/h1-4,12-14H,5-11,18H2. The Kier molecular flexibility index (Phi) is 2.93. The van der Waals surface area contributed by atoms with Crippen LogP contribution in [0.3, 0.4) is 0 Å². The highest BCUT2D eigenvalue weighted by Crippen LogP contribution is 2.60. The summed E-state index contributed by atoms with van der Waals surface area (Å²) < 4.78 is 0. The third-order valence-corrected chi connectivity index (χ3v) is 7.21.